The van der Waals surface area contributed by atoms with Gasteiger partial charge in [-0.2, -0.15) is 0 Å². The van der Waals surface area contributed by atoms with E-state index in [0.29, 0.717) is 41.8 Å². The fourth-order valence-corrected chi connectivity index (χ4v) is 9.83. The zero-order chi connectivity index (χ0) is 27.8. The van der Waals surface area contributed by atoms with Crippen LogP contribution in [0, 0.1) is 52.3 Å². The van der Waals surface area contributed by atoms with Gasteiger partial charge in [-0.15, -0.1) is 0 Å². The predicted octanol–water partition coefficient (Wildman–Crippen LogP) is 6.26. The fourth-order valence-electron chi connectivity index (χ4n) is 9.83. The van der Waals surface area contributed by atoms with Crippen LogP contribution in [0.25, 0.3) is 0 Å². The second-order valence-electron chi connectivity index (χ2n) is 14.3. The van der Waals surface area contributed by atoms with E-state index in [2.05, 4.69) is 34.6 Å². The molecule has 0 aromatic carbocycles. The Balaban J connectivity index is 1.47. The number of rotatable bonds is 7. The number of ketones is 1. The second-order valence-corrected chi connectivity index (χ2v) is 14.3. The van der Waals surface area contributed by atoms with Crippen LogP contribution in [0.2, 0.25) is 0 Å². The molecule has 6 heteroatoms. The first-order valence-electron chi connectivity index (χ1n) is 15.0. The van der Waals surface area contributed by atoms with Gasteiger partial charge in [-0.25, -0.2) is 0 Å². The summed E-state index contributed by atoms with van der Waals surface area (Å²) >= 11 is 0. The zero-order valence-electron chi connectivity index (χ0n) is 24.7. The quantitative estimate of drug-likeness (QED) is 0.286. The average Bonchev–Trinajstić information content (AvgIpc) is 3.39. The van der Waals surface area contributed by atoms with Crippen LogP contribution in [0.5, 0.6) is 0 Å². The van der Waals surface area contributed by atoms with Gasteiger partial charge in [0.15, 0.2) is 5.78 Å². The maximum atomic E-state index is 13.9. The molecule has 0 unspecified atom stereocenters. The lowest BCUT2D eigenvalue weighted by molar-refractivity contribution is -0.188. The first kappa shape index (κ1) is 27.9. The van der Waals surface area contributed by atoms with Crippen LogP contribution >= 0.6 is 0 Å². The van der Waals surface area contributed by atoms with Gasteiger partial charge in [0.25, 0.3) is 0 Å². The van der Waals surface area contributed by atoms with Crippen LogP contribution in [0.3, 0.4) is 0 Å². The summed E-state index contributed by atoms with van der Waals surface area (Å²) in [6.07, 6.45) is 8.12. The van der Waals surface area contributed by atoms with Gasteiger partial charge >= 0.3 is 11.9 Å². The minimum atomic E-state index is -0.803. The SMILES string of the molecule is CC(=O)OC1=CC(=O)[C@]2(C)[C@@H]3[C@@H](C[C@H]4O[C@]42C1)[C@@H]1CC[C@H]([C@H](C)CC[C@H](C)C(C)C)[C@@]1(C)C[C@H]3OC(C)=O. The van der Waals surface area contributed by atoms with E-state index >= 15 is 0 Å². The van der Waals surface area contributed by atoms with Gasteiger partial charge in [0.05, 0.1) is 11.5 Å². The third-order valence-corrected chi connectivity index (χ3v) is 12.1. The van der Waals surface area contributed by atoms with Crippen molar-refractivity contribution in [1.29, 1.82) is 0 Å². The monoisotopic (exact) mass is 528 g/mol. The van der Waals surface area contributed by atoms with Crippen molar-refractivity contribution in [3.63, 3.8) is 0 Å². The lowest BCUT2D eigenvalue weighted by Crippen LogP contribution is -2.65. The van der Waals surface area contributed by atoms with Crippen LogP contribution in [0.4, 0.5) is 0 Å². The number of carbonyl (C=O) groups excluding carboxylic acids is 3. The Morgan fingerprint density at radius 1 is 1.08 bits per heavy atom. The van der Waals surface area contributed by atoms with Crippen molar-refractivity contribution in [3.8, 4) is 0 Å². The highest BCUT2D eigenvalue weighted by atomic mass is 16.6. The minimum Gasteiger partial charge on any atom is -0.462 e. The average molecular weight is 529 g/mol. The third kappa shape index (κ3) is 4.10. The Morgan fingerprint density at radius 3 is 2.42 bits per heavy atom. The molecule has 1 heterocycles. The number of hydrogen-bond donors (Lipinski definition) is 0. The highest BCUT2D eigenvalue weighted by Gasteiger charge is 2.80. The molecule has 1 spiro atoms. The Hall–Kier alpha value is -1.69. The number of epoxide rings is 1. The molecule has 0 bridgehead atoms. The van der Waals surface area contributed by atoms with E-state index in [1.165, 1.54) is 39.2 Å². The first-order valence-corrected chi connectivity index (χ1v) is 15.0. The summed E-state index contributed by atoms with van der Waals surface area (Å²) in [5.74, 6) is 2.92. The van der Waals surface area contributed by atoms with E-state index in [0.717, 1.165) is 19.3 Å². The van der Waals surface area contributed by atoms with Crippen molar-refractivity contribution in [1.82, 2.24) is 0 Å². The summed E-state index contributed by atoms with van der Waals surface area (Å²) < 4.78 is 18.0. The van der Waals surface area contributed by atoms with Gasteiger partial charge in [-0.05, 0) is 73.5 Å². The van der Waals surface area contributed by atoms with Gasteiger partial charge in [-0.1, -0.05) is 47.5 Å². The Kier molecular flexibility index (Phi) is 6.93. The van der Waals surface area contributed by atoms with E-state index in [-0.39, 0.29) is 41.2 Å². The van der Waals surface area contributed by atoms with Crippen LogP contribution in [-0.2, 0) is 28.6 Å². The lowest BCUT2D eigenvalue weighted by atomic mass is 9.43. The van der Waals surface area contributed by atoms with Gasteiger partial charge in [0.2, 0.25) is 0 Å². The minimum absolute atomic E-state index is 0.0272. The molecule has 5 aliphatic rings. The van der Waals surface area contributed by atoms with Crippen LogP contribution in [-0.4, -0.2) is 35.5 Å². The van der Waals surface area contributed by atoms with Gasteiger partial charge in [-0.3, -0.25) is 14.4 Å². The highest BCUT2D eigenvalue weighted by molar-refractivity contribution is 5.98. The Bertz CT molecular complexity index is 1030. The largest absolute Gasteiger partial charge is 0.462 e. The summed E-state index contributed by atoms with van der Waals surface area (Å²) in [6.45, 7) is 16.8. The normalized spacial score (nSPS) is 44.7. The van der Waals surface area contributed by atoms with Crippen LogP contribution in [0.15, 0.2) is 11.8 Å². The lowest BCUT2D eigenvalue weighted by Gasteiger charge is -2.59. The Morgan fingerprint density at radius 2 is 1.79 bits per heavy atom. The molecular formula is C32H48O6. The predicted molar refractivity (Wildman–Crippen MR) is 144 cm³/mol. The number of ether oxygens (including phenoxy) is 3. The molecule has 4 aliphatic carbocycles. The molecule has 212 valence electrons. The molecular weight excluding hydrogens is 480 g/mol. The molecule has 38 heavy (non-hydrogen) atoms. The summed E-state index contributed by atoms with van der Waals surface area (Å²) in [5.41, 5.74) is -1.40. The van der Waals surface area contributed by atoms with Crippen molar-refractivity contribution in [2.45, 2.75) is 118 Å². The van der Waals surface area contributed by atoms with E-state index < -0.39 is 17.0 Å². The van der Waals surface area contributed by atoms with Crippen molar-refractivity contribution < 1.29 is 28.6 Å². The molecule has 0 N–H and O–H groups in total. The second kappa shape index (κ2) is 9.45. The molecule has 3 saturated carbocycles. The summed E-state index contributed by atoms with van der Waals surface area (Å²) in [7, 11) is 0. The highest BCUT2D eigenvalue weighted by Crippen LogP contribution is 2.74. The van der Waals surface area contributed by atoms with E-state index in [1.54, 1.807) is 0 Å². The molecule has 11 atom stereocenters. The molecule has 6 nitrogen and oxygen atoms in total. The van der Waals surface area contributed by atoms with E-state index in [1.807, 2.05) is 6.92 Å². The summed E-state index contributed by atoms with van der Waals surface area (Å²) in [5, 5.41) is 0. The van der Waals surface area contributed by atoms with Gasteiger partial charge < -0.3 is 14.2 Å². The molecule has 0 aromatic rings. The zero-order valence-corrected chi connectivity index (χ0v) is 24.7. The molecule has 0 amide bonds. The fraction of sp³-hybridized carbons (Fsp3) is 0.844. The summed E-state index contributed by atoms with van der Waals surface area (Å²) in [6, 6.07) is 0. The maximum absolute atomic E-state index is 13.9. The number of carbonyl (C=O) groups is 3. The van der Waals surface area contributed by atoms with E-state index in [4.69, 9.17) is 14.2 Å². The number of allylic oxidation sites excluding steroid dienone is 1. The molecule has 0 radical (unpaired) electrons. The standard InChI is InChI=1S/C32H48O6/c1-17(2)18(3)9-10-19(4)24-11-12-25-23-14-28-32(38-28)15-22(36-20(5)33)13-27(35)31(32,8)29(23)26(37-21(6)34)16-30(24,25)7/h13,17-19,23-26,28-29H,9-12,14-16H2,1-8H3/t18-,19+,23-,24+,25-,26+,28+,29+,30+,31+,32+/m0/s1. The number of hydrogen-bond acceptors (Lipinski definition) is 6. The smallest absolute Gasteiger partial charge is 0.307 e. The van der Waals surface area contributed by atoms with Crippen LogP contribution < -0.4 is 0 Å². The van der Waals surface area contributed by atoms with Crippen molar-refractivity contribution in [2.75, 3.05) is 0 Å². The van der Waals surface area contributed by atoms with Crippen molar-refractivity contribution in [2.24, 2.45) is 52.3 Å². The van der Waals surface area contributed by atoms with Crippen molar-refractivity contribution in [3.05, 3.63) is 11.8 Å². The molecule has 1 aliphatic heterocycles. The molecule has 4 fully saturated rings. The first-order chi connectivity index (χ1) is 17.7. The van der Waals surface area contributed by atoms with Crippen molar-refractivity contribution >= 4 is 17.7 Å². The number of fused-ring (bicyclic) bond motifs is 4. The van der Waals surface area contributed by atoms with Gasteiger partial charge in [0.1, 0.15) is 17.5 Å². The molecule has 0 aromatic heterocycles. The Labute approximate surface area is 228 Å². The van der Waals surface area contributed by atoms with Crippen LogP contribution in [0.1, 0.15) is 100 Å². The van der Waals surface area contributed by atoms with E-state index in [9.17, 15) is 14.4 Å². The number of esters is 2. The topological polar surface area (TPSA) is 82.2 Å². The van der Waals surface area contributed by atoms with Gasteiger partial charge in [0, 0.05) is 32.3 Å². The third-order valence-electron chi connectivity index (χ3n) is 12.1. The molecule has 5 rings (SSSR count). The molecule has 1 saturated heterocycles. The maximum Gasteiger partial charge on any atom is 0.307 e. The summed E-state index contributed by atoms with van der Waals surface area (Å²) in [4.78, 5) is 38.0.